The van der Waals surface area contributed by atoms with E-state index in [1.807, 2.05) is 50.2 Å². The second kappa shape index (κ2) is 10.1. The first-order valence-corrected chi connectivity index (χ1v) is 10.7. The number of amides is 1. The summed E-state index contributed by atoms with van der Waals surface area (Å²) in [6.45, 7) is 3.72. The number of aryl methyl sites for hydroxylation is 2. The molecule has 0 saturated heterocycles. The van der Waals surface area contributed by atoms with Gasteiger partial charge in [0.05, 0.1) is 10.2 Å². The number of anilines is 1. The second-order valence-corrected chi connectivity index (χ2v) is 8.35. The SMILES string of the molecule is Cc1ccc(N=Cc2ccc(OCC(=O)Nc3ccc(C)c(Cl)c3)c(Br)c2)cc1Cl. The third-order valence-electron chi connectivity index (χ3n) is 4.29. The average molecular weight is 506 g/mol. The lowest BCUT2D eigenvalue weighted by molar-refractivity contribution is -0.118. The molecule has 0 aliphatic rings. The van der Waals surface area contributed by atoms with Gasteiger partial charge in [-0.25, -0.2) is 0 Å². The summed E-state index contributed by atoms with van der Waals surface area (Å²) in [6, 6.07) is 16.5. The summed E-state index contributed by atoms with van der Waals surface area (Å²) in [5.74, 6) is 0.284. The number of carbonyl (C=O) groups is 1. The number of aliphatic imine (C=N–C) groups is 1. The van der Waals surface area contributed by atoms with Crippen molar-refractivity contribution in [3.05, 3.63) is 85.8 Å². The highest BCUT2D eigenvalue weighted by atomic mass is 79.9. The van der Waals surface area contributed by atoms with Crippen LogP contribution >= 0.6 is 39.1 Å². The quantitative estimate of drug-likeness (QED) is 0.362. The van der Waals surface area contributed by atoms with Gasteiger partial charge in [-0.15, -0.1) is 0 Å². The Kier molecular flexibility index (Phi) is 7.53. The van der Waals surface area contributed by atoms with Gasteiger partial charge >= 0.3 is 0 Å². The molecular weight excluding hydrogens is 487 g/mol. The second-order valence-electron chi connectivity index (χ2n) is 6.68. The predicted octanol–water partition coefficient (Wildman–Crippen LogP) is 7.14. The lowest BCUT2D eigenvalue weighted by atomic mass is 10.2. The predicted molar refractivity (Wildman–Crippen MR) is 128 cm³/mol. The fraction of sp³-hybridized carbons (Fsp3) is 0.130. The fourth-order valence-electron chi connectivity index (χ4n) is 2.54. The standard InChI is InChI=1S/C23H19BrCl2N2O2/c1-14-3-6-17(10-20(14)25)27-12-16-5-8-22(19(24)9-16)30-13-23(29)28-18-7-4-15(2)21(26)11-18/h3-12H,13H2,1-2H3,(H,28,29). The van der Waals surface area contributed by atoms with Crippen LogP contribution in [0.25, 0.3) is 0 Å². The minimum atomic E-state index is -0.274. The molecule has 4 nitrogen and oxygen atoms in total. The molecule has 3 aromatic carbocycles. The number of hydrogen-bond acceptors (Lipinski definition) is 3. The molecule has 0 aliphatic carbocycles. The van der Waals surface area contributed by atoms with Crippen LogP contribution in [0.2, 0.25) is 10.0 Å². The van der Waals surface area contributed by atoms with Gasteiger partial charge in [-0.2, -0.15) is 0 Å². The number of carbonyl (C=O) groups excluding carboxylic acids is 1. The van der Waals surface area contributed by atoms with Crippen molar-refractivity contribution in [3.8, 4) is 5.75 Å². The van der Waals surface area contributed by atoms with E-state index in [-0.39, 0.29) is 12.5 Å². The molecular formula is C23H19BrCl2N2O2. The van der Waals surface area contributed by atoms with Crippen LogP contribution in [-0.4, -0.2) is 18.7 Å². The molecule has 0 spiro atoms. The zero-order valence-corrected chi connectivity index (χ0v) is 19.5. The highest BCUT2D eigenvalue weighted by Crippen LogP contribution is 2.27. The van der Waals surface area contributed by atoms with Crippen LogP contribution < -0.4 is 10.1 Å². The number of nitrogens with one attached hydrogen (secondary N) is 1. The summed E-state index contributed by atoms with van der Waals surface area (Å²) in [4.78, 5) is 16.6. The molecule has 1 amide bonds. The Labute approximate surface area is 194 Å². The lowest BCUT2D eigenvalue weighted by Gasteiger charge is -2.10. The monoisotopic (exact) mass is 504 g/mol. The minimum Gasteiger partial charge on any atom is -0.483 e. The first-order valence-electron chi connectivity index (χ1n) is 9.10. The molecule has 0 radical (unpaired) electrons. The Balaban J connectivity index is 1.59. The Hall–Kier alpha value is -2.34. The molecule has 0 unspecified atom stereocenters. The molecule has 154 valence electrons. The number of halogens is 3. The highest BCUT2D eigenvalue weighted by Gasteiger charge is 2.08. The van der Waals surface area contributed by atoms with Crippen LogP contribution in [0.5, 0.6) is 5.75 Å². The fourth-order valence-corrected chi connectivity index (χ4v) is 3.40. The molecule has 7 heteroatoms. The van der Waals surface area contributed by atoms with Crippen molar-refractivity contribution < 1.29 is 9.53 Å². The summed E-state index contributed by atoms with van der Waals surface area (Å²) in [5, 5.41) is 4.04. The van der Waals surface area contributed by atoms with Crippen molar-refractivity contribution in [2.24, 2.45) is 4.99 Å². The largest absolute Gasteiger partial charge is 0.483 e. The lowest BCUT2D eigenvalue weighted by Crippen LogP contribution is -2.20. The number of hydrogen-bond donors (Lipinski definition) is 1. The van der Waals surface area contributed by atoms with Gasteiger partial charge in [-0.1, -0.05) is 35.3 Å². The summed E-state index contributed by atoms with van der Waals surface area (Å²) in [5.41, 5.74) is 4.24. The normalized spacial score (nSPS) is 11.0. The number of ether oxygens (including phenoxy) is 1. The van der Waals surface area contributed by atoms with Crippen molar-refractivity contribution in [1.29, 1.82) is 0 Å². The van der Waals surface area contributed by atoms with Crippen LogP contribution in [0.1, 0.15) is 16.7 Å². The zero-order valence-electron chi connectivity index (χ0n) is 16.4. The molecule has 0 heterocycles. The van der Waals surface area contributed by atoms with Gasteiger partial charge in [0.25, 0.3) is 5.91 Å². The maximum absolute atomic E-state index is 12.1. The molecule has 1 N–H and O–H groups in total. The van der Waals surface area contributed by atoms with E-state index in [1.165, 1.54) is 0 Å². The van der Waals surface area contributed by atoms with Gasteiger partial charge in [0.1, 0.15) is 5.75 Å². The van der Waals surface area contributed by atoms with Gasteiger partial charge in [0.2, 0.25) is 0 Å². The van der Waals surface area contributed by atoms with Crippen LogP contribution in [-0.2, 0) is 4.79 Å². The van der Waals surface area contributed by atoms with Crippen LogP contribution in [0.15, 0.2) is 64.1 Å². The van der Waals surface area contributed by atoms with E-state index in [1.54, 1.807) is 24.4 Å². The number of nitrogens with zero attached hydrogens (tertiary/aromatic N) is 1. The summed E-state index contributed by atoms with van der Waals surface area (Å²) in [6.07, 6.45) is 1.74. The smallest absolute Gasteiger partial charge is 0.262 e. The van der Waals surface area contributed by atoms with Crippen LogP contribution in [0, 0.1) is 13.8 Å². The summed E-state index contributed by atoms with van der Waals surface area (Å²) in [7, 11) is 0. The Morgan fingerprint density at radius 1 is 1.03 bits per heavy atom. The van der Waals surface area contributed by atoms with Crippen molar-refractivity contribution in [3.63, 3.8) is 0 Å². The van der Waals surface area contributed by atoms with Crippen LogP contribution in [0.3, 0.4) is 0 Å². The molecule has 0 fully saturated rings. The number of benzene rings is 3. The first-order chi connectivity index (χ1) is 14.3. The zero-order chi connectivity index (χ0) is 21.7. The van der Waals surface area contributed by atoms with Gasteiger partial charge in [0.15, 0.2) is 6.61 Å². The van der Waals surface area contributed by atoms with E-state index in [4.69, 9.17) is 27.9 Å². The topological polar surface area (TPSA) is 50.7 Å². The third kappa shape index (κ3) is 6.08. The van der Waals surface area contributed by atoms with E-state index in [9.17, 15) is 4.79 Å². The summed E-state index contributed by atoms with van der Waals surface area (Å²) >= 11 is 15.7. The van der Waals surface area contributed by atoms with E-state index in [0.717, 1.165) is 26.9 Å². The molecule has 0 atom stereocenters. The van der Waals surface area contributed by atoms with Crippen molar-refractivity contribution in [2.45, 2.75) is 13.8 Å². The average Bonchev–Trinajstić information content (AvgIpc) is 2.71. The molecule has 30 heavy (non-hydrogen) atoms. The third-order valence-corrected chi connectivity index (χ3v) is 5.72. The van der Waals surface area contributed by atoms with Gasteiger partial charge in [-0.05, 0) is 88.9 Å². The van der Waals surface area contributed by atoms with Crippen molar-refractivity contribution in [1.82, 2.24) is 0 Å². The van der Waals surface area contributed by atoms with Crippen LogP contribution in [0.4, 0.5) is 11.4 Å². The van der Waals surface area contributed by atoms with Gasteiger partial charge in [0, 0.05) is 21.9 Å². The highest BCUT2D eigenvalue weighted by molar-refractivity contribution is 9.10. The molecule has 3 aromatic rings. The first kappa shape index (κ1) is 22.3. The van der Waals surface area contributed by atoms with Gasteiger partial charge in [-0.3, -0.25) is 9.79 Å². The maximum Gasteiger partial charge on any atom is 0.262 e. The number of rotatable bonds is 6. The Bertz CT molecular complexity index is 1120. The van der Waals surface area contributed by atoms with E-state index < -0.39 is 0 Å². The molecule has 3 rings (SSSR count). The molecule has 0 bridgehead atoms. The van der Waals surface area contributed by atoms with E-state index in [0.29, 0.717) is 21.5 Å². The van der Waals surface area contributed by atoms with Crippen molar-refractivity contribution >= 4 is 62.6 Å². The maximum atomic E-state index is 12.1. The Morgan fingerprint density at radius 3 is 2.40 bits per heavy atom. The Morgan fingerprint density at radius 2 is 1.73 bits per heavy atom. The minimum absolute atomic E-state index is 0.126. The van der Waals surface area contributed by atoms with E-state index >= 15 is 0 Å². The van der Waals surface area contributed by atoms with E-state index in [2.05, 4.69) is 26.2 Å². The van der Waals surface area contributed by atoms with Gasteiger partial charge < -0.3 is 10.1 Å². The summed E-state index contributed by atoms with van der Waals surface area (Å²) < 4.78 is 6.34. The van der Waals surface area contributed by atoms with Crippen molar-refractivity contribution in [2.75, 3.05) is 11.9 Å². The molecule has 0 aromatic heterocycles. The molecule has 0 aliphatic heterocycles. The molecule has 0 saturated carbocycles.